The minimum Gasteiger partial charge on any atom is -0.394 e. The van der Waals surface area contributed by atoms with Crippen LogP contribution in [-0.4, -0.2) is 0 Å². The normalized spacial score (nSPS) is 16.2. The van der Waals surface area contributed by atoms with Gasteiger partial charge in [0.2, 0.25) is 0 Å². The van der Waals surface area contributed by atoms with Gasteiger partial charge < -0.3 is 5.73 Å². The van der Waals surface area contributed by atoms with Gasteiger partial charge in [0, 0.05) is 4.90 Å². The molecule has 2 rings (SSSR count). The summed E-state index contributed by atoms with van der Waals surface area (Å²) in [4.78, 5) is 1.31. The number of fused-ring (bicyclic) bond motifs is 1. The minimum absolute atomic E-state index is 0.931. The van der Waals surface area contributed by atoms with Crippen LogP contribution < -0.4 is 5.73 Å². The highest BCUT2D eigenvalue weighted by atomic mass is 32.2. The van der Waals surface area contributed by atoms with Gasteiger partial charge in [0.25, 0.3) is 0 Å². The Labute approximate surface area is 76.7 Å². The molecule has 2 heteroatoms. The van der Waals surface area contributed by atoms with Gasteiger partial charge in [0.15, 0.2) is 0 Å². The second-order valence-corrected chi connectivity index (χ2v) is 3.97. The maximum Gasteiger partial charge on any atom is 0.0663 e. The minimum atomic E-state index is 0.931. The first-order valence-corrected chi connectivity index (χ1v) is 4.89. The second-order valence-electron chi connectivity index (χ2n) is 2.85. The van der Waals surface area contributed by atoms with Gasteiger partial charge in [-0.2, -0.15) is 0 Å². The van der Waals surface area contributed by atoms with Crippen molar-refractivity contribution in [2.75, 3.05) is 0 Å². The topological polar surface area (TPSA) is 26.0 Å². The molecule has 62 valence electrons. The molecule has 1 nitrogen and oxygen atoms in total. The van der Waals surface area contributed by atoms with E-state index in [1.807, 2.05) is 0 Å². The van der Waals surface area contributed by atoms with Crippen LogP contribution >= 0.6 is 11.8 Å². The van der Waals surface area contributed by atoms with Crippen molar-refractivity contribution in [3.8, 4) is 0 Å². The van der Waals surface area contributed by atoms with E-state index < -0.39 is 0 Å². The van der Waals surface area contributed by atoms with E-state index >= 15 is 0 Å². The van der Waals surface area contributed by atoms with E-state index in [1.165, 1.54) is 10.5 Å². The molecule has 0 radical (unpaired) electrons. The molecule has 1 heterocycles. The van der Waals surface area contributed by atoms with Gasteiger partial charge in [-0.05, 0) is 24.5 Å². The summed E-state index contributed by atoms with van der Waals surface area (Å²) < 4.78 is 0. The van der Waals surface area contributed by atoms with E-state index in [0.29, 0.717) is 0 Å². The van der Waals surface area contributed by atoms with Crippen molar-refractivity contribution in [3.63, 3.8) is 0 Å². The van der Waals surface area contributed by atoms with Crippen LogP contribution in [0.1, 0.15) is 12.0 Å². The SMILES string of the molecule is NC1=CCCc2ccccc2S1. The number of benzene rings is 1. The maximum atomic E-state index is 5.77. The van der Waals surface area contributed by atoms with Gasteiger partial charge in [0.1, 0.15) is 0 Å². The van der Waals surface area contributed by atoms with E-state index in [1.54, 1.807) is 11.8 Å². The van der Waals surface area contributed by atoms with Crippen molar-refractivity contribution in [2.45, 2.75) is 17.7 Å². The lowest BCUT2D eigenvalue weighted by Gasteiger charge is -2.03. The van der Waals surface area contributed by atoms with Crippen molar-refractivity contribution >= 4 is 11.8 Å². The largest absolute Gasteiger partial charge is 0.394 e. The first-order valence-electron chi connectivity index (χ1n) is 4.07. The van der Waals surface area contributed by atoms with Crippen molar-refractivity contribution in [1.29, 1.82) is 0 Å². The Bertz CT molecular complexity index is 317. The number of nitrogens with two attached hydrogens (primary N) is 1. The van der Waals surface area contributed by atoms with Crippen LogP contribution in [0.15, 0.2) is 40.3 Å². The Morgan fingerprint density at radius 3 is 3.00 bits per heavy atom. The van der Waals surface area contributed by atoms with Crippen LogP contribution in [0.3, 0.4) is 0 Å². The zero-order chi connectivity index (χ0) is 8.39. The molecule has 0 fully saturated rings. The highest BCUT2D eigenvalue weighted by Gasteiger charge is 2.06. The van der Waals surface area contributed by atoms with E-state index in [0.717, 1.165) is 17.9 Å². The standard InChI is InChI=1S/C10H11NS/c11-10-7-3-5-8-4-1-2-6-9(8)12-10/h1-2,4,6-7H,3,5,11H2. The number of aryl methyl sites for hydroxylation is 1. The smallest absolute Gasteiger partial charge is 0.0663 e. The van der Waals surface area contributed by atoms with Crippen LogP contribution in [0.5, 0.6) is 0 Å². The Hall–Kier alpha value is -0.890. The van der Waals surface area contributed by atoms with Gasteiger partial charge in [-0.3, -0.25) is 0 Å². The number of rotatable bonds is 0. The lowest BCUT2D eigenvalue weighted by atomic mass is 10.1. The Kier molecular flexibility index (Phi) is 2.09. The third-order valence-electron chi connectivity index (χ3n) is 1.96. The van der Waals surface area contributed by atoms with Crippen molar-refractivity contribution in [1.82, 2.24) is 0 Å². The monoisotopic (exact) mass is 177 g/mol. The molecule has 2 N–H and O–H groups in total. The van der Waals surface area contributed by atoms with Crippen molar-refractivity contribution in [2.24, 2.45) is 5.73 Å². The summed E-state index contributed by atoms with van der Waals surface area (Å²) in [5.74, 6) is 0. The zero-order valence-electron chi connectivity index (χ0n) is 6.79. The van der Waals surface area contributed by atoms with E-state index in [4.69, 9.17) is 5.73 Å². The molecule has 1 aliphatic heterocycles. The van der Waals surface area contributed by atoms with E-state index in [2.05, 4.69) is 30.3 Å². The molecule has 0 amide bonds. The zero-order valence-corrected chi connectivity index (χ0v) is 7.60. The van der Waals surface area contributed by atoms with Crippen LogP contribution in [0.4, 0.5) is 0 Å². The van der Waals surface area contributed by atoms with Crippen molar-refractivity contribution in [3.05, 3.63) is 40.9 Å². The van der Waals surface area contributed by atoms with Crippen LogP contribution in [-0.2, 0) is 6.42 Å². The molecular formula is C10H11NS. The van der Waals surface area contributed by atoms with Crippen LogP contribution in [0.25, 0.3) is 0 Å². The third kappa shape index (κ3) is 1.48. The predicted molar refractivity (Wildman–Crippen MR) is 52.9 cm³/mol. The van der Waals surface area contributed by atoms with Gasteiger partial charge in [0.05, 0.1) is 5.03 Å². The first kappa shape index (κ1) is 7.74. The van der Waals surface area contributed by atoms with Gasteiger partial charge >= 0.3 is 0 Å². The van der Waals surface area contributed by atoms with Crippen LogP contribution in [0.2, 0.25) is 0 Å². The number of allylic oxidation sites excluding steroid dienone is 1. The Morgan fingerprint density at radius 2 is 2.08 bits per heavy atom. The molecule has 0 bridgehead atoms. The predicted octanol–water partition coefficient (Wildman–Crippen LogP) is 2.53. The molecule has 1 aromatic carbocycles. The highest BCUT2D eigenvalue weighted by molar-refractivity contribution is 8.03. The van der Waals surface area contributed by atoms with Gasteiger partial charge in [-0.25, -0.2) is 0 Å². The summed E-state index contributed by atoms with van der Waals surface area (Å²) in [7, 11) is 0. The summed E-state index contributed by atoms with van der Waals surface area (Å²) in [6.07, 6.45) is 4.28. The molecule has 0 atom stereocenters. The fourth-order valence-electron chi connectivity index (χ4n) is 1.35. The molecule has 12 heavy (non-hydrogen) atoms. The summed E-state index contributed by atoms with van der Waals surface area (Å²) in [5.41, 5.74) is 7.19. The molecular weight excluding hydrogens is 166 g/mol. The molecule has 0 saturated carbocycles. The average molecular weight is 177 g/mol. The quantitative estimate of drug-likeness (QED) is 0.659. The Balaban J connectivity index is 2.38. The number of hydrogen-bond donors (Lipinski definition) is 1. The maximum absolute atomic E-state index is 5.77. The summed E-state index contributed by atoms with van der Waals surface area (Å²) in [6.45, 7) is 0. The molecule has 0 spiro atoms. The molecule has 1 aliphatic rings. The summed E-state index contributed by atoms with van der Waals surface area (Å²) in [5, 5.41) is 0.931. The summed E-state index contributed by atoms with van der Waals surface area (Å²) in [6, 6.07) is 8.45. The van der Waals surface area contributed by atoms with E-state index in [-0.39, 0.29) is 0 Å². The van der Waals surface area contributed by atoms with Crippen LogP contribution in [0, 0.1) is 0 Å². The second kappa shape index (κ2) is 3.23. The third-order valence-corrected chi connectivity index (χ3v) is 2.98. The van der Waals surface area contributed by atoms with Crippen molar-refractivity contribution < 1.29 is 0 Å². The Morgan fingerprint density at radius 1 is 1.25 bits per heavy atom. The van der Waals surface area contributed by atoms with E-state index in [9.17, 15) is 0 Å². The number of hydrogen-bond acceptors (Lipinski definition) is 2. The van der Waals surface area contributed by atoms with Gasteiger partial charge in [-0.1, -0.05) is 36.0 Å². The number of thioether (sulfide) groups is 1. The fourth-order valence-corrected chi connectivity index (χ4v) is 2.25. The highest BCUT2D eigenvalue weighted by Crippen LogP contribution is 2.30. The molecule has 0 aliphatic carbocycles. The molecule has 0 saturated heterocycles. The molecule has 1 aromatic rings. The lowest BCUT2D eigenvalue weighted by Crippen LogP contribution is -1.89. The average Bonchev–Trinajstić information content (AvgIpc) is 2.25. The van der Waals surface area contributed by atoms with Gasteiger partial charge in [-0.15, -0.1) is 0 Å². The molecule has 0 unspecified atom stereocenters. The lowest BCUT2D eigenvalue weighted by molar-refractivity contribution is 0.974. The first-order chi connectivity index (χ1) is 5.86. The fraction of sp³-hybridized carbons (Fsp3) is 0.200. The summed E-state index contributed by atoms with van der Waals surface area (Å²) >= 11 is 1.67. The molecule has 0 aromatic heterocycles.